The first-order valence-corrected chi connectivity index (χ1v) is 31.4. The monoisotopic (exact) mass is 1030 g/mol. The first-order valence-electron chi connectivity index (χ1n) is 31.4. The van der Waals surface area contributed by atoms with Crippen molar-refractivity contribution in [2.45, 2.75) is 371 Å². The summed E-state index contributed by atoms with van der Waals surface area (Å²) < 4.78 is 11.2. The Morgan fingerprint density at radius 2 is 0.722 bits per heavy atom. The zero-order chi connectivity index (χ0) is 52.5. The van der Waals surface area contributed by atoms with E-state index in [0.29, 0.717) is 19.3 Å². The van der Waals surface area contributed by atoms with Gasteiger partial charge in [-0.3, -0.25) is 4.79 Å². The Kier molecular flexibility index (Phi) is 48.9. The lowest BCUT2D eigenvalue weighted by Gasteiger charge is -2.40. The van der Waals surface area contributed by atoms with Gasteiger partial charge in [0.15, 0.2) is 6.29 Å². The van der Waals surface area contributed by atoms with Crippen molar-refractivity contribution >= 4 is 5.91 Å². The molecule has 0 saturated carbocycles. The first-order chi connectivity index (χ1) is 35.2. The Balaban J connectivity index is 2.26. The fraction of sp³-hybridized carbons (Fsp3) is 0.984. The predicted octanol–water partition coefficient (Wildman–Crippen LogP) is 13.7. The minimum Gasteiger partial charge on any atom is -0.394 e. The standard InChI is InChI=1S/C61H121NO10/c1-3-5-7-9-11-13-15-17-19-21-23-25-27-29-31-33-35-37-39-41-43-45-47-49-54(65)60(70)62-52(51-71-61-59(69)58(68)57(67)55(50-63)72-61)56(66)53(64)48-46-44-42-40-38-36-34-32-30-28-26-24-22-20-18-16-14-12-10-8-6-4-2/h52-59,61,63-69H,3-51H2,1-2H3,(H,62,70). The summed E-state index contributed by atoms with van der Waals surface area (Å²) in [6.07, 6.45) is 47.3. The zero-order valence-corrected chi connectivity index (χ0v) is 47.2. The normalized spacial score (nSPS) is 19.9. The van der Waals surface area contributed by atoms with Gasteiger partial charge in [-0.1, -0.05) is 303 Å². The summed E-state index contributed by atoms with van der Waals surface area (Å²) in [5.41, 5.74) is 0. The summed E-state index contributed by atoms with van der Waals surface area (Å²) in [5.74, 6) is -0.688. The molecule has 1 rings (SSSR count). The number of carbonyl (C=O) groups excluding carboxylic acids is 1. The Hall–Kier alpha value is -0.890. The van der Waals surface area contributed by atoms with Crippen LogP contribution in [-0.2, 0) is 14.3 Å². The fourth-order valence-corrected chi connectivity index (χ4v) is 10.6. The number of aliphatic hydroxyl groups is 7. The number of aliphatic hydroxyl groups excluding tert-OH is 7. The summed E-state index contributed by atoms with van der Waals surface area (Å²) in [5, 5.41) is 76.3. The van der Waals surface area contributed by atoms with Gasteiger partial charge in [0.1, 0.15) is 36.6 Å². The molecule has 0 aromatic heterocycles. The van der Waals surface area contributed by atoms with Crippen molar-refractivity contribution in [3.63, 3.8) is 0 Å². The van der Waals surface area contributed by atoms with E-state index in [1.54, 1.807) is 0 Å². The summed E-state index contributed by atoms with van der Waals surface area (Å²) in [4.78, 5) is 13.2. The van der Waals surface area contributed by atoms with Gasteiger partial charge in [0.25, 0.3) is 0 Å². The van der Waals surface area contributed by atoms with E-state index in [1.807, 2.05) is 0 Å². The predicted molar refractivity (Wildman–Crippen MR) is 298 cm³/mol. The van der Waals surface area contributed by atoms with Gasteiger partial charge in [-0.05, 0) is 12.8 Å². The number of ether oxygens (including phenoxy) is 2. The van der Waals surface area contributed by atoms with Gasteiger partial charge in [0.2, 0.25) is 5.91 Å². The maximum absolute atomic E-state index is 13.2. The van der Waals surface area contributed by atoms with Crippen molar-refractivity contribution in [1.29, 1.82) is 0 Å². The minimum absolute atomic E-state index is 0.267. The van der Waals surface area contributed by atoms with E-state index in [-0.39, 0.29) is 6.42 Å². The van der Waals surface area contributed by atoms with Crippen molar-refractivity contribution in [2.75, 3.05) is 13.2 Å². The average Bonchev–Trinajstić information content (AvgIpc) is 3.38. The van der Waals surface area contributed by atoms with Gasteiger partial charge in [0.05, 0.1) is 25.4 Å². The third-order valence-electron chi connectivity index (χ3n) is 15.7. The van der Waals surface area contributed by atoms with Crippen LogP contribution in [0.2, 0.25) is 0 Å². The molecule has 0 aromatic rings. The molecule has 1 saturated heterocycles. The van der Waals surface area contributed by atoms with Crippen LogP contribution in [0.5, 0.6) is 0 Å². The van der Waals surface area contributed by atoms with Gasteiger partial charge in [-0.2, -0.15) is 0 Å². The van der Waals surface area contributed by atoms with Crippen molar-refractivity contribution in [1.82, 2.24) is 5.32 Å². The molecule has 0 radical (unpaired) electrons. The van der Waals surface area contributed by atoms with Crippen LogP contribution >= 0.6 is 0 Å². The van der Waals surface area contributed by atoms with Crippen LogP contribution in [0, 0.1) is 0 Å². The first kappa shape index (κ1) is 69.1. The molecule has 11 nitrogen and oxygen atoms in total. The third kappa shape index (κ3) is 38.6. The van der Waals surface area contributed by atoms with Crippen LogP contribution in [-0.4, -0.2) is 110 Å². The summed E-state index contributed by atoms with van der Waals surface area (Å²) in [6, 6.07) is -1.16. The average molecular weight is 1030 g/mol. The number of carbonyl (C=O) groups is 1. The number of amides is 1. The highest BCUT2D eigenvalue weighted by Gasteiger charge is 2.44. The van der Waals surface area contributed by atoms with E-state index >= 15 is 0 Å². The van der Waals surface area contributed by atoms with Crippen LogP contribution in [0.1, 0.15) is 316 Å². The van der Waals surface area contributed by atoms with Crippen molar-refractivity contribution in [3.05, 3.63) is 0 Å². The van der Waals surface area contributed by atoms with Crippen molar-refractivity contribution < 1.29 is 50.0 Å². The molecular weight excluding hydrogens is 907 g/mol. The molecule has 0 aliphatic carbocycles. The van der Waals surface area contributed by atoms with Crippen LogP contribution in [0.25, 0.3) is 0 Å². The largest absolute Gasteiger partial charge is 0.394 e. The van der Waals surface area contributed by atoms with E-state index in [1.165, 1.54) is 238 Å². The SMILES string of the molecule is CCCCCCCCCCCCCCCCCCCCCCCCCC(O)C(=O)NC(COC1OC(CO)C(O)C(O)C1O)C(O)C(O)CCCCCCCCCCCCCCCCCCCCCCCC. The van der Waals surface area contributed by atoms with Gasteiger partial charge in [-0.25, -0.2) is 0 Å². The summed E-state index contributed by atoms with van der Waals surface area (Å²) >= 11 is 0. The third-order valence-corrected chi connectivity index (χ3v) is 15.7. The quantitative estimate of drug-likeness (QED) is 0.0272. The smallest absolute Gasteiger partial charge is 0.249 e. The highest BCUT2D eigenvalue weighted by atomic mass is 16.7. The van der Waals surface area contributed by atoms with E-state index < -0.39 is 74.2 Å². The Morgan fingerprint density at radius 3 is 1.03 bits per heavy atom. The van der Waals surface area contributed by atoms with Crippen LogP contribution in [0.15, 0.2) is 0 Å². The Labute approximate surface area is 443 Å². The number of rotatable bonds is 55. The molecule has 0 aromatic carbocycles. The van der Waals surface area contributed by atoms with E-state index in [2.05, 4.69) is 19.2 Å². The number of nitrogens with one attached hydrogen (secondary N) is 1. The highest BCUT2D eigenvalue weighted by molar-refractivity contribution is 5.80. The molecule has 1 amide bonds. The molecule has 72 heavy (non-hydrogen) atoms. The number of hydrogen-bond acceptors (Lipinski definition) is 10. The minimum atomic E-state index is -1.66. The van der Waals surface area contributed by atoms with Crippen LogP contribution < -0.4 is 5.32 Å². The van der Waals surface area contributed by atoms with Gasteiger partial charge < -0.3 is 50.5 Å². The molecule has 0 spiro atoms. The zero-order valence-electron chi connectivity index (χ0n) is 47.2. The fourth-order valence-electron chi connectivity index (χ4n) is 10.6. The molecule has 1 fully saturated rings. The second-order valence-electron chi connectivity index (χ2n) is 22.5. The lowest BCUT2D eigenvalue weighted by Crippen LogP contribution is -2.60. The number of unbranched alkanes of at least 4 members (excludes halogenated alkanes) is 43. The molecular formula is C61H121NO10. The number of hydrogen-bond donors (Lipinski definition) is 8. The van der Waals surface area contributed by atoms with Gasteiger partial charge >= 0.3 is 0 Å². The van der Waals surface area contributed by atoms with E-state index in [0.717, 1.165) is 38.5 Å². The van der Waals surface area contributed by atoms with Gasteiger partial charge in [-0.15, -0.1) is 0 Å². The lowest BCUT2D eigenvalue weighted by molar-refractivity contribution is -0.303. The van der Waals surface area contributed by atoms with Crippen molar-refractivity contribution in [3.8, 4) is 0 Å². The summed E-state index contributed by atoms with van der Waals surface area (Å²) in [6.45, 7) is 3.51. The molecule has 1 aliphatic heterocycles. The van der Waals surface area contributed by atoms with Crippen LogP contribution in [0.4, 0.5) is 0 Å². The van der Waals surface area contributed by atoms with Gasteiger partial charge in [0, 0.05) is 0 Å². The maximum atomic E-state index is 13.2. The Bertz CT molecular complexity index is 1130. The van der Waals surface area contributed by atoms with Crippen molar-refractivity contribution in [2.24, 2.45) is 0 Å². The van der Waals surface area contributed by atoms with E-state index in [4.69, 9.17) is 9.47 Å². The second kappa shape index (κ2) is 50.9. The molecule has 430 valence electrons. The van der Waals surface area contributed by atoms with Crippen LogP contribution in [0.3, 0.4) is 0 Å². The summed E-state index contributed by atoms with van der Waals surface area (Å²) in [7, 11) is 0. The lowest BCUT2D eigenvalue weighted by atomic mass is 9.98. The van der Waals surface area contributed by atoms with E-state index in [9.17, 15) is 40.5 Å². The molecule has 1 aliphatic rings. The topological polar surface area (TPSA) is 189 Å². The molecule has 0 bridgehead atoms. The molecule has 9 atom stereocenters. The molecule has 11 heteroatoms. The second-order valence-corrected chi connectivity index (χ2v) is 22.5. The molecule has 9 unspecified atom stereocenters. The maximum Gasteiger partial charge on any atom is 0.249 e. The Morgan fingerprint density at radius 1 is 0.431 bits per heavy atom. The highest BCUT2D eigenvalue weighted by Crippen LogP contribution is 2.24. The molecule has 8 N–H and O–H groups in total. The molecule has 1 heterocycles.